The van der Waals surface area contributed by atoms with Gasteiger partial charge in [0.2, 0.25) is 0 Å². The van der Waals surface area contributed by atoms with Gasteiger partial charge in [0.1, 0.15) is 0 Å². The van der Waals surface area contributed by atoms with E-state index < -0.39 is 0 Å². The molecule has 10 rings (SSSR count). The van der Waals surface area contributed by atoms with Crippen molar-refractivity contribution in [2.45, 2.75) is 0 Å². The van der Waals surface area contributed by atoms with Crippen molar-refractivity contribution < 1.29 is 0 Å². The van der Waals surface area contributed by atoms with Crippen molar-refractivity contribution >= 4 is 32.3 Å². The number of nitrogens with zero attached hydrogens (tertiary/aromatic N) is 1. The van der Waals surface area contributed by atoms with Crippen LogP contribution in [0.15, 0.2) is 212 Å². The molecule has 252 valence electrons. The van der Waals surface area contributed by atoms with E-state index in [1.54, 1.807) is 0 Å². The summed E-state index contributed by atoms with van der Waals surface area (Å²) < 4.78 is 0. The largest absolute Gasteiger partial charge is 0.248 e. The Hall–Kier alpha value is -7.09. The van der Waals surface area contributed by atoms with Crippen LogP contribution in [0.25, 0.3) is 99.3 Å². The van der Waals surface area contributed by atoms with E-state index in [0.29, 0.717) is 0 Å². The standard InChI is InChI=1S/C53H35N/c1-3-14-36(15-4-1)45-34-52(37-16-5-2-6-17-37)54-53(35-45)44-23-13-22-42(32-44)40-20-11-18-38(30-40)39-19-12-21-41(31-39)43-28-29-50-48-26-8-7-24-46(48)47-25-9-10-27-49(47)51(50)33-43/h1-35H. The minimum Gasteiger partial charge on any atom is -0.248 e. The van der Waals surface area contributed by atoms with E-state index >= 15 is 0 Å². The molecule has 0 unspecified atom stereocenters. The van der Waals surface area contributed by atoms with Crippen molar-refractivity contribution in [3.63, 3.8) is 0 Å². The number of rotatable bonds is 6. The van der Waals surface area contributed by atoms with Gasteiger partial charge < -0.3 is 0 Å². The summed E-state index contributed by atoms with van der Waals surface area (Å²) in [6, 6.07) is 76.5. The van der Waals surface area contributed by atoms with Crippen LogP contribution in [0.2, 0.25) is 0 Å². The van der Waals surface area contributed by atoms with Crippen molar-refractivity contribution in [3.05, 3.63) is 212 Å². The molecule has 1 heterocycles. The number of hydrogen-bond donors (Lipinski definition) is 0. The van der Waals surface area contributed by atoms with E-state index in [-0.39, 0.29) is 0 Å². The predicted octanol–water partition coefficient (Wildman–Crippen LogP) is 14.5. The summed E-state index contributed by atoms with van der Waals surface area (Å²) in [7, 11) is 0. The van der Waals surface area contributed by atoms with Gasteiger partial charge in [-0.25, -0.2) is 4.98 Å². The fourth-order valence-corrected chi connectivity index (χ4v) is 7.93. The summed E-state index contributed by atoms with van der Waals surface area (Å²) in [6.07, 6.45) is 0. The van der Waals surface area contributed by atoms with Gasteiger partial charge in [-0.3, -0.25) is 0 Å². The minimum atomic E-state index is 0.956. The molecule has 0 aliphatic rings. The zero-order valence-electron chi connectivity index (χ0n) is 29.7. The molecular weight excluding hydrogens is 651 g/mol. The molecule has 0 amide bonds. The smallest absolute Gasteiger partial charge is 0.0715 e. The summed E-state index contributed by atoms with van der Waals surface area (Å²) in [6.45, 7) is 0. The lowest BCUT2D eigenvalue weighted by molar-refractivity contribution is 1.32. The second kappa shape index (κ2) is 13.5. The molecule has 0 radical (unpaired) electrons. The second-order valence-corrected chi connectivity index (χ2v) is 14.0. The molecule has 0 spiro atoms. The first-order valence-corrected chi connectivity index (χ1v) is 18.5. The van der Waals surface area contributed by atoms with Crippen LogP contribution < -0.4 is 0 Å². The molecule has 0 saturated heterocycles. The fraction of sp³-hybridized carbons (Fsp3) is 0. The first-order chi connectivity index (χ1) is 26.7. The molecule has 0 bridgehead atoms. The molecule has 0 saturated carbocycles. The summed E-state index contributed by atoms with van der Waals surface area (Å²) >= 11 is 0. The predicted molar refractivity (Wildman–Crippen MR) is 229 cm³/mol. The molecule has 0 aliphatic heterocycles. The highest BCUT2D eigenvalue weighted by Gasteiger charge is 2.13. The molecule has 0 fully saturated rings. The third-order valence-electron chi connectivity index (χ3n) is 10.6. The topological polar surface area (TPSA) is 12.9 Å². The highest BCUT2D eigenvalue weighted by Crippen LogP contribution is 2.38. The van der Waals surface area contributed by atoms with Crippen molar-refractivity contribution in [2.24, 2.45) is 0 Å². The average Bonchev–Trinajstić information content (AvgIpc) is 3.27. The Bertz CT molecular complexity index is 2890. The van der Waals surface area contributed by atoms with E-state index in [4.69, 9.17) is 4.98 Å². The Morgan fingerprint density at radius 2 is 0.537 bits per heavy atom. The third-order valence-corrected chi connectivity index (χ3v) is 10.6. The molecule has 0 atom stereocenters. The van der Waals surface area contributed by atoms with Crippen LogP contribution in [0, 0.1) is 0 Å². The molecule has 0 aliphatic carbocycles. The van der Waals surface area contributed by atoms with Gasteiger partial charge in [0.25, 0.3) is 0 Å². The van der Waals surface area contributed by atoms with Crippen molar-refractivity contribution in [2.75, 3.05) is 0 Å². The Morgan fingerprint density at radius 1 is 0.185 bits per heavy atom. The zero-order valence-corrected chi connectivity index (χ0v) is 29.7. The zero-order chi connectivity index (χ0) is 35.8. The number of fused-ring (bicyclic) bond motifs is 6. The van der Waals surface area contributed by atoms with Gasteiger partial charge >= 0.3 is 0 Å². The van der Waals surface area contributed by atoms with E-state index in [1.807, 2.05) is 6.07 Å². The van der Waals surface area contributed by atoms with Gasteiger partial charge in [0.05, 0.1) is 11.4 Å². The summed E-state index contributed by atoms with van der Waals surface area (Å²) in [5.74, 6) is 0. The molecule has 9 aromatic carbocycles. The van der Waals surface area contributed by atoms with Crippen LogP contribution in [-0.2, 0) is 0 Å². The highest BCUT2D eigenvalue weighted by atomic mass is 14.7. The quantitative estimate of drug-likeness (QED) is 0.159. The number of aromatic nitrogens is 1. The van der Waals surface area contributed by atoms with Gasteiger partial charge in [-0.2, -0.15) is 0 Å². The van der Waals surface area contributed by atoms with E-state index in [9.17, 15) is 0 Å². The molecule has 1 aromatic heterocycles. The Labute approximate surface area is 315 Å². The van der Waals surface area contributed by atoms with Crippen LogP contribution >= 0.6 is 0 Å². The maximum absolute atomic E-state index is 5.19. The monoisotopic (exact) mass is 685 g/mol. The molecule has 1 nitrogen and oxygen atoms in total. The maximum Gasteiger partial charge on any atom is 0.0715 e. The molecule has 0 N–H and O–H groups in total. The van der Waals surface area contributed by atoms with Crippen molar-refractivity contribution in [1.82, 2.24) is 4.98 Å². The normalized spacial score (nSPS) is 11.3. The summed E-state index contributed by atoms with van der Waals surface area (Å²) in [5.41, 5.74) is 13.6. The first kappa shape index (κ1) is 31.6. The summed E-state index contributed by atoms with van der Waals surface area (Å²) in [5, 5.41) is 7.76. The van der Waals surface area contributed by atoms with Gasteiger partial charge in [-0.05, 0) is 113 Å². The number of benzene rings is 9. The Morgan fingerprint density at radius 3 is 1.06 bits per heavy atom. The van der Waals surface area contributed by atoms with E-state index in [0.717, 1.165) is 33.6 Å². The Kier molecular flexibility index (Phi) is 7.89. The summed E-state index contributed by atoms with van der Waals surface area (Å²) in [4.78, 5) is 5.19. The molecule has 10 aromatic rings. The van der Waals surface area contributed by atoms with Crippen LogP contribution in [0.4, 0.5) is 0 Å². The van der Waals surface area contributed by atoms with Gasteiger partial charge in [0, 0.05) is 11.1 Å². The first-order valence-electron chi connectivity index (χ1n) is 18.5. The van der Waals surface area contributed by atoms with Crippen LogP contribution in [0.3, 0.4) is 0 Å². The fourth-order valence-electron chi connectivity index (χ4n) is 7.93. The van der Waals surface area contributed by atoms with Gasteiger partial charge in [-0.1, -0.05) is 176 Å². The van der Waals surface area contributed by atoms with Crippen LogP contribution in [-0.4, -0.2) is 4.98 Å². The van der Waals surface area contributed by atoms with Crippen molar-refractivity contribution in [3.8, 4) is 67.0 Å². The third kappa shape index (κ3) is 5.83. The minimum absolute atomic E-state index is 0.956. The Balaban J connectivity index is 1.02. The van der Waals surface area contributed by atoms with Gasteiger partial charge in [-0.15, -0.1) is 0 Å². The molecule has 1 heteroatoms. The highest BCUT2D eigenvalue weighted by molar-refractivity contribution is 6.25. The molecule has 54 heavy (non-hydrogen) atoms. The number of pyridine rings is 1. The SMILES string of the molecule is c1ccc(-c2cc(-c3ccccc3)nc(-c3cccc(-c4cccc(-c5cccc(-c6ccc7c8ccccc8c8ccccc8c7c6)c5)c4)c3)c2)cc1. The van der Waals surface area contributed by atoms with Gasteiger partial charge in [0.15, 0.2) is 0 Å². The lowest BCUT2D eigenvalue weighted by Crippen LogP contribution is -1.91. The average molecular weight is 686 g/mol. The van der Waals surface area contributed by atoms with E-state index in [2.05, 4.69) is 206 Å². The van der Waals surface area contributed by atoms with Crippen molar-refractivity contribution in [1.29, 1.82) is 0 Å². The molecular formula is C53H35N. The van der Waals surface area contributed by atoms with Crippen LogP contribution in [0.5, 0.6) is 0 Å². The lowest BCUT2D eigenvalue weighted by Gasteiger charge is -2.13. The second-order valence-electron chi connectivity index (χ2n) is 14.0. The van der Waals surface area contributed by atoms with E-state index in [1.165, 1.54) is 65.7 Å². The maximum atomic E-state index is 5.19. The lowest BCUT2D eigenvalue weighted by atomic mass is 9.91. The number of hydrogen-bond acceptors (Lipinski definition) is 1. The van der Waals surface area contributed by atoms with Crippen LogP contribution in [0.1, 0.15) is 0 Å².